The van der Waals surface area contributed by atoms with E-state index < -0.39 is 11.8 Å². The molecule has 0 aliphatic heterocycles. The van der Waals surface area contributed by atoms with E-state index >= 15 is 0 Å². The van der Waals surface area contributed by atoms with Gasteiger partial charge in [0.25, 0.3) is 5.91 Å². The Balaban J connectivity index is 2.95. The topological polar surface area (TPSA) is 81.9 Å². The van der Waals surface area contributed by atoms with E-state index in [0.29, 0.717) is 0 Å². The van der Waals surface area contributed by atoms with Crippen molar-refractivity contribution in [1.29, 1.82) is 0 Å². The van der Waals surface area contributed by atoms with Crippen LogP contribution in [-0.2, 0) is 9.53 Å². The van der Waals surface area contributed by atoms with Crippen LogP contribution in [0.1, 0.15) is 24.2 Å². The fraction of sp³-hybridized carbons (Fsp3) is 0.429. The summed E-state index contributed by atoms with van der Waals surface area (Å²) >= 11 is 0. The number of nitrogens with zero attached hydrogens (tertiary/aromatic N) is 1. The highest BCUT2D eigenvalue weighted by Crippen LogP contribution is 2.25. The van der Waals surface area contributed by atoms with E-state index in [1.807, 2.05) is 0 Å². The van der Waals surface area contributed by atoms with E-state index in [4.69, 9.17) is 15.2 Å². The van der Waals surface area contributed by atoms with Gasteiger partial charge in [0, 0.05) is 20.2 Å². The van der Waals surface area contributed by atoms with Crippen molar-refractivity contribution in [1.82, 2.24) is 4.90 Å². The van der Waals surface area contributed by atoms with E-state index in [2.05, 4.69) is 0 Å². The van der Waals surface area contributed by atoms with Gasteiger partial charge < -0.3 is 20.1 Å². The first-order valence-corrected chi connectivity index (χ1v) is 6.35. The third-order valence-electron chi connectivity index (χ3n) is 2.53. The number of anilines is 1. The van der Waals surface area contributed by atoms with E-state index in [1.165, 1.54) is 11.0 Å². The lowest BCUT2D eigenvalue weighted by atomic mass is 10.1. The van der Waals surface area contributed by atoms with Gasteiger partial charge in [-0.15, -0.1) is 0 Å². The number of amides is 1. The number of esters is 1. The normalized spacial score (nSPS) is 10.4. The molecule has 0 unspecified atom stereocenters. The Labute approximate surface area is 122 Å². The fourth-order valence-corrected chi connectivity index (χ4v) is 1.40. The van der Waals surface area contributed by atoms with Crippen LogP contribution < -0.4 is 10.5 Å². The summed E-state index contributed by atoms with van der Waals surface area (Å²) in [5, 5.41) is 0. The molecule has 0 radical (unpaired) electrons. The second kappa shape index (κ2) is 6.92. The second-order valence-electron chi connectivity index (χ2n) is 4.90. The molecule has 0 atom stereocenters. The number of carbonyl (C=O) groups excluding carboxylic acids is 2. The van der Waals surface area contributed by atoms with Gasteiger partial charge in [-0.25, -0.2) is 9.18 Å². The maximum Gasteiger partial charge on any atom is 0.340 e. The lowest BCUT2D eigenvalue weighted by molar-refractivity contribution is -0.130. The molecule has 0 spiro atoms. The molecular formula is C14H19FN2O4. The van der Waals surface area contributed by atoms with Crippen molar-refractivity contribution in [3.05, 3.63) is 23.5 Å². The van der Waals surface area contributed by atoms with Gasteiger partial charge >= 0.3 is 5.97 Å². The maximum absolute atomic E-state index is 13.7. The van der Waals surface area contributed by atoms with Crippen LogP contribution in [0.4, 0.5) is 10.1 Å². The van der Waals surface area contributed by atoms with Crippen molar-refractivity contribution in [2.75, 3.05) is 26.4 Å². The van der Waals surface area contributed by atoms with Crippen molar-refractivity contribution in [2.45, 2.75) is 20.0 Å². The molecule has 1 rings (SSSR count). The molecule has 0 saturated heterocycles. The Kier molecular flexibility index (Phi) is 5.52. The zero-order chi connectivity index (χ0) is 16.2. The second-order valence-corrected chi connectivity index (χ2v) is 4.90. The van der Waals surface area contributed by atoms with Gasteiger partial charge in [-0.05, 0) is 19.9 Å². The third-order valence-corrected chi connectivity index (χ3v) is 2.53. The minimum absolute atomic E-state index is 0.0348. The Bertz CT molecular complexity index is 544. The highest BCUT2D eigenvalue weighted by Gasteiger charge is 2.18. The summed E-state index contributed by atoms with van der Waals surface area (Å²) in [5.41, 5.74) is 5.08. The van der Waals surface area contributed by atoms with E-state index in [1.54, 1.807) is 27.9 Å². The minimum atomic E-state index is -0.805. The molecule has 21 heavy (non-hydrogen) atoms. The Morgan fingerprint density at radius 2 is 1.95 bits per heavy atom. The molecule has 0 bridgehead atoms. The molecule has 6 nitrogen and oxygen atoms in total. The summed E-state index contributed by atoms with van der Waals surface area (Å²) in [4.78, 5) is 24.6. The highest BCUT2D eigenvalue weighted by atomic mass is 19.1. The number of hydrogen-bond acceptors (Lipinski definition) is 5. The molecule has 2 N–H and O–H groups in total. The molecule has 0 saturated carbocycles. The zero-order valence-electron chi connectivity index (χ0n) is 12.5. The van der Waals surface area contributed by atoms with Crippen LogP contribution in [0.5, 0.6) is 5.75 Å². The lowest BCUT2D eigenvalue weighted by Crippen LogP contribution is -2.27. The van der Waals surface area contributed by atoms with Crippen molar-refractivity contribution < 1.29 is 23.5 Å². The van der Waals surface area contributed by atoms with Gasteiger partial charge in [-0.1, -0.05) is 0 Å². The number of likely N-dealkylation sites (N-methyl/N-ethyl adjacent to an activating group) is 1. The van der Waals surface area contributed by atoms with Gasteiger partial charge in [-0.2, -0.15) is 0 Å². The molecule has 116 valence electrons. The molecule has 0 aliphatic carbocycles. The predicted octanol–water partition coefficient (Wildman–Crippen LogP) is 1.44. The minimum Gasteiger partial charge on any atom is -0.484 e. The van der Waals surface area contributed by atoms with Crippen molar-refractivity contribution in [3.8, 4) is 5.75 Å². The quantitative estimate of drug-likeness (QED) is 0.657. The number of rotatable bonds is 5. The SMILES string of the molecule is CC(C)OC(=O)c1cc(OCC(=O)N(C)C)cc(F)c1N. The molecule has 0 fully saturated rings. The number of nitrogen functional groups attached to an aromatic ring is 1. The molecule has 7 heteroatoms. The molecule has 0 aliphatic rings. The van der Waals surface area contributed by atoms with Crippen molar-refractivity contribution >= 4 is 17.6 Å². The average molecular weight is 298 g/mol. The highest BCUT2D eigenvalue weighted by molar-refractivity contribution is 5.95. The number of halogens is 1. The van der Waals surface area contributed by atoms with Crippen LogP contribution in [-0.4, -0.2) is 43.6 Å². The first kappa shape index (κ1) is 16.7. The Hall–Kier alpha value is -2.31. The van der Waals surface area contributed by atoms with Crippen LogP contribution in [0.2, 0.25) is 0 Å². The number of carbonyl (C=O) groups is 2. The maximum atomic E-state index is 13.7. The van der Waals surface area contributed by atoms with Crippen LogP contribution in [0.3, 0.4) is 0 Å². The summed E-state index contributed by atoms with van der Waals surface area (Å²) in [7, 11) is 3.14. The van der Waals surface area contributed by atoms with Crippen molar-refractivity contribution in [2.24, 2.45) is 0 Å². The first-order valence-electron chi connectivity index (χ1n) is 6.35. The van der Waals surface area contributed by atoms with Crippen LogP contribution >= 0.6 is 0 Å². The number of ether oxygens (including phenoxy) is 2. The standard InChI is InChI=1S/C14H19FN2O4/c1-8(2)21-14(19)10-5-9(6-11(15)13(10)16)20-7-12(18)17(3)4/h5-6,8H,7,16H2,1-4H3. The van der Waals surface area contributed by atoms with Crippen LogP contribution in [0.25, 0.3) is 0 Å². The number of hydrogen-bond donors (Lipinski definition) is 1. The van der Waals surface area contributed by atoms with Gasteiger partial charge in [-0.3, -0.25) is 4.79 Å². The van der Waals surface area contributed by atoms with Gasteiger partial charge in [0.1, 0.15) is 5.75 Å². The molecule has 0 aromatic heterocycles. The van der Waals surface area contributed by atoms with Crippen molar-refractivity contribution in [3.63, 3.8) is 0 Å². The molecule has 1 aromatic rings. The molecule has 1 amide bonds. The van der Waals surface area contributed by atoms with Gasteiger partial charge in [0.15, 0.2) is 12.4 Å². The first-order chi connectivity index (χ1) is 9.72. The van der Waals surface area contributed by atoms with E-state index in [-0.39, 0.29) is 35.6 Å². The predicted molar refractivity (Wildman–Crippen MR) is 75.6 cm³/mol. The largest absolute Gasteiger partial charge is 0.484 e. The number of benzene rings is 1. The zero-order valence-corrected chi connectivity index (χ0v) is 12.5. The summed E-state index contributed by atoms with van der Waals surface area (Å²) < 4.78 is 23.9. The average Bonchev–Trinajstić information content (AvgIpc) is 2.38. The van der Waals surface area contributed by atoms with Gasteiger partial charge in [0.05, 0.1) is 17.4 Å². The third kappa shape index (κ3) is 4.62. The fourth-order valence-electron chi connectivity index (χ4n) is 1.40. The lowest BCUT2D eigenvalue weighted by Gasteiger charge is -2.14. The summed E-state index contributed by atoms with van der Waals surface area (Å²) in [6.07, 6.45) is -0.361. The smallest absolute Gasteiger partial charge is 0.340 e. The monoisotopic (exact) mass is 298 g/mol. The van der Waals surface area contributed by atoms with Crippen LogP contribution in [0.15, 0.2) is 12.1 Å². The Morgan fingerprint density at radius 1 is 1.33 bits per heavy atom. The van der Waals surface area contributed by atoms with Crippen LogP contribution in [0, 0.1) is 5.82 Å². The molecular weight excluding hydrogens is 279 g/mol. The summed E-state index contributed by atoms with van der Waals surface area (Å²) in [6, 6.07) is 2.27. The molecule has 1 aromatic carbocycles. The molecule has 0 heterocycles. The summed E-state index contributed by atoms with van der Waals surface area (Å²) in [5.74, 6) is -1.81. The Morgan fingerprint density at radius 3 is 2.48 bits per heavy atom. The van der Waals surface area contributed by atoms with E-state index in [0.717, 1.165) is 6.07 Å². The van der Waals surface area contributed by atoms with E-state index in [9.17, 15) is 14.0 Å². The summed E-state index contributed by atoms with van der Waals surface area (Å²) in [6.45, 7) is 3.07. The van der Waals surface area contributed by atoms with Gasteiger partial charge in [0.2, 0.25) is 0 Å². The number of nitrogens with two attached hydrogens (primary N) is 1.